The van der Waals surface area contributed by atoms with E-state index in [0.717, 1.165) is 36.9 Å². The highest BCUT2D eigenvalue weighted by molar-refractivity contribution is 7.12. The van der Waals surface area contributed by atoms with Crippen LogP contribution in [0.25, 0.3) is 16.8 Å². The van der Waals surface area contributed by atoms with Crippen LogP contribution in [0, 0.1) is 25.2 Å². The fraction of sp³-hybridized carbons (Fsp3) is 0.406. The van der Waals surface area contributed by atoms with Crippen molar-refractivity contribution in [3.05, 3.63) is 87.6 Å². The molecule has 0 amide bonds. The second-order valence-electron chi connectivity index (χ2n) is 10.8. The van der Waals surface area contributed by atoms with Gasteiger partial charge in [0.05, 0.1) is 0 Å². The molecule has 5 rings (SSSR count). The molecule has 0 aliphatic heterocycles. The van der Waals surface area contributed by atoms with E-state index in [1.165, 1.54) is 32.0 Å². The summed E-state index contributed by atoms with van der Waals surface area (Å²) in [6.07, 6.45) is 4.98. The Hall–Kier alpha value is -2.69. The van der Waals surface area contributed by atoms with Crippen LogP contribution in [0.3, 0.4) is 0 Å². The number of ketones is 1. The van der Waals surface area contributed by atoms with Crippen LogP contribution in [0.2, 0.25) is 0 Å². The number of hydrogen-bond donors (Lipinski definition) is 1. The predicted molar refractivity (Wildman–Crippen MR) is 150 cm³/mol. The number of carbonyl (C=O) groups is 1. The molecule has 2 aliphatic carbocycles. The summed E-state index contributed by atoms with van der Waals surface area (Å²) in [6.45, 7) is 10.8. The summed E-state index contributed by atoms with van der Waals surface area (Å²) in [7, 11) is 1.79. The van der Waals surface area contributed by atoms with Crippen molar-refractivity contribution < 1.29 is 9.53 Å². The van der Waals surface area contributed by atoms with Crippen LogP contribution in [-0.2, 0) is 9.53 Å². The summed E-state index contributed by atoms with van der Waals surface area (Å²) in [5, 5.41) is 3.74. The van der Waals surface area contributed by atoms with E-state index in [4.69, 9.17) is 4.74 Å². The van der Waals surface area contributed by atoms with Gasteiger partial charge in [-0.25, -0.2) is 0 Å². The Kier molecular flexibility index (Phi) is 6.93. The predicted octanol–water partition coefficient (Wildman–Crippen LogP) is 7.87. The van der Waals surface area contributed by atoms with Crippen molar-refractivity contribution in [1.82, 2.24) is 5.32 Å². The zero-order valence-corrected chi connectivity index (χ0v) is 22.7. The first-order valence-corrected chi connectivity index (χ1v) is 13.9. The van der Waals surface area contributed by atoms with Gasteiger partial charge in [0, 0.05) is 52.1 Å². The van der Waals surface area contributed by atoms with Crippen LogP contribution in [0.15, 0.2) is 61.2 Å². The van der Waals surface area contributed by atoms with E-state index in [0.29, 0.717) is 29.6 Å². The average molecular weight is 500 g/mol. The number of nitrogens with one attached hydrogen (secondary N) is 1. The Morgan fingerprint density at radius 3 is 2.28 bits per heavy atom. The molecule has 1 unspecified atom stereocenters. The van der Waals surface area contributed by atoms with Crippen molar-refractivity contribution in [2.75, 3.05) is 7.11 Å². The molecule has 1 heterocycles. The fourth-order valence-corrected chi connectivity index (χ4v) is 7.65. The quantitative estimate of drug-likeness (QED) is 0.326. The largest absolute Gasteiger partial charge is 0.382 e. The van der Waals surface area contributed by atoms with E-state index < -0.39 is 0 Å². The maximum Gasteiger partial charge on any atom is 0.135 e. The number of ether oxygens (including phenoxy) is 1. The van der Waals surface area contributed by atoms with Gasteiger partial charge >= 0.3 is 0 Å². The number of benzene rings is 2. The van der Waals surface area contributed by atoms with Crippen molar-refractivity contribution in [3.63, 3.8) is 0 Å². The van der Waals surface area contributed by atoms with Gasteiger partial charge in [0.15, 0.2) is 0 Å². The first-order chi connectivity index (χ1) is 17.3. The molecule has 0 radical (unpaired) electrons. The third kappa shape index (κ3) is 4.57. The van der Waals surface area contributed by atoms with Crippen LogP contribution in [-0.4, -0.2) is 18.9 Å². The summed E-state index contributed by atoms with van der Waals surface area (Å²) in [5.41, 5.74) is 7.38. The highest BCUT2D eigenvalue weighted by Crippen LogP contribution is 2.59. The first-order valence-electron chi connectivity index (χ1n) is 13.1. The van der Waals surface area contributed by atoms with E-state index >= 15 is 0 Å². The minimum atomic E-state index is -0.145. The zero-order valence-electron chi connectivity index (χ0n) is 21.9. The number of hydrogen-bond acceptors (Lipinski definition) is 4. The molecule has 188 valence electrons. The summed E-state index contributed by atoms with van der Waals surface area (Å²) in [4.78, 5) is 14.5. The molecule has 1 spiro atoms. The molecule has 3 nitrogen and oxygen atoms in total. The summed E-state index contributed by atoms with van der Waals surface area (Å²) < 4.78 is 6.11. The van der Waals surface area contributed by atoms with Gasteiger partial charge < -0.3 is 10.1 Å². The van der Waals surface area contributed by atoms with Gasteiger partial charge in [0.25, 0.3) is 0 Å². The minimum Gasteiger partial charge on any atom is -0.382 e. The van der Waals surface area contributed by atoms with Gasteiger partial charge in [-0.2, -0.15) is 0 Å². The number of Topliss-reactive ketones (excluding diaryl/α,β-unsaturated/α-hetero) is 1. The summed E-state index contributed by atoms with van der Waals surface area (Å²) >= 11 is 1.82. The Bertz CT molecular complexity index is 1240. The van der Waals surface area contributed by atoms with Gasteiger partial charge in [-0.1, -0.05) is 68.1 Å². The Morgan fingerprint density at radius 2 is 1.67 bits per heavy atom. The van der Waals surface area contributed by atoms with E-state index in [2.05, 4.69) is 74.3 Å². The zero-order chi connectivity index (χ0) is 25.4. The molecule has 0 bridgehead atoms. The highest BCUT2D eigenvalue weighted by atomic mass is 32.1. The Balaban J connectivity index is 1.31. The molecule has 4 heteroatoms. The molecular weight excluding hydrogens is 462 g/mol. The molecule has 2 fully saturated rings. The average Bonchev–Trinajstić information content (AvgIpc) is 3.14. The van der Waals surface area contributed by atoms with Crippen LogP contribution in [0.1, 0.15) is 71.6 Å². The molecule has 2 aliphatic rings. The van der Waals surface area contributed by atoms with Gasteiger partial charge in [0.1, 0.15) is 11.9 Å². The minimum absolute atomic E-state index is 0.145. The number of methoxy groups -OCH3 is 1. The normalized spacial score (nSPS) is 23.6. The maximum atomic E-state index is 12.0. The van der Waals surface area contributed by atoms with Gasteiger partial charge in [-0.15, -0.1) is 11.3 Å². The Labute approximate surface area is 219 Å². The lowest BCUT2D eigenvalue weighted by Crippen LogP contribution is -2.55. The van der Waals surface area contributed by atoms with Crippen molar-refractivity contribution >= 4 is 22.8 Å². The number of thiophene rings is 1. The first kappa shape index (κ1) is 25.0. The highest BCUT2D eigenvalue weighted by Gasteiger charge is 2.54. The monoisotopic (exact) mass is 499 g/mol. The fourth-order valence-electron chi connectivity index (χ4n) is 6.54. The second kappa shape index (κ2) is 9.99. The number of carbonyl (C=O) groups excluding carboxylic acids is 1. The van der Waals surface area contributed by atoms with Crippen molar-refractivity contribution in [1.29, 1.82) is 0 Å². The number of aryl methyl sites for hydroxylation is 2. The van der Waals surface area contributed by atoms with E-state index in [1.54, 1.807) is 7.11 Å². The van der Waals surface area contributed by atoms with E-state index in [-0.39, 0.29) is 6.10 Å². The van der Waals surface area contributed by atoms with Crippen LogP contribution in [0.5, 0.6) is 0 Å². The third-order valence-electron chi connectivity index (χ3n) is 8.33. The lowest BCUT2D eigenvalue weighted by molar-refractivity contribution is -0.135. The van der Waals surface area contributed by atoms with Crippen LogP contribution in [0.4, 0.5) is 0 Å². The molecule has 0 saturated heterocycles. The third-order valence-corrected chi connectivity index (χ3v) is 9.36. The standard InChI is InChI=1S/C32H37NO2S/c1-6-28(34)26-16-32(17-26)18-27(19-32)33-20(2)29-21(3)36-22(4)30(29)31(35-5)25-14-12-24(13-15-25)23-10-8-7-9-11-23/h7-15,26-27,31,33H,2,6,16-19H2,1,3-5H3. The number of rotatable bonds is 9. The lowest BCUT2D eigenvalue weighted by atomic mass is 9.49. The SMILES string of the molecule is C=C(NC1CC2(C1)CC(C(=O)CC)C2)c1c(C)sc(C)c1C(OC)c1ccc(-c2ccccc2)cc1. The lowest BCUT2D eigenvalue weighted by Gasteiger charge is -2.57. The molecule has 1 aromatic heterocycles. The van der Waals surface area contributed by atoms with Crippen LogP contribution < -0.4 is 5.32 Å². The maximum absolute atomic E-state index is 12.0. The van der Waals surface area contributed by atoms with Crippen molar-refractivity contribution in [2.45, 2.75) is 65.0 Å². The van der Waals surface area contributed by atoms with Crippen molar-refractivity contribution in [2.24, 2.45) is 11.3 Å². The molecule has 2 aromatic carbocycles. The smallest absolute Gasteiger partial charge is 0.135 e. The van der Waals surface area contributed by atoms with Crippen LogP contribution >= 0.6 is 11.3 Å². The van der Waals surface area contributed by atoms with E-state index in [9.17, 15) is 4.79 Å². The Morgan fingerprint density at radius 1 is 1.03 bits per heavy atom. The molecule has 36 heavy (non-hydrogen) atoms. The molecule has 2 saturated carbocycles. The molecule has 1 N–H and O–H groups in total. The van der Waals surface area contributed by atoms with Gasteiger partial charge in [-0.05, 0) is 61.6 Å². The molecular formula is C32H37NO2S. The van der Waals surface area contributed by atoms with Gasteiger partial charge in [-0.3, -0.25) is 4.79 Å². The van der Waals surface area contributed by atoms with E-state index in [1.807, 2.05) is 24.3 Å². The second-order valence-corrected chi connectivity index (χ2v) is 12.2. The summed E-state index contributed by atoms with van der Waals surface area (Å²) in [5.74, 6) is 0.751. The van der Waals surface area contributed by atoms with Crippen molar-refractivity contribution in [3.8, 4) is 11.1 Å². The molecule has 1 atom stereocenters. The summed E-state index contributed by atoms with van der Waals surface area (Å²) in [6, 6.07) is 19.6. The topological polar surface area (TPSA) is 38.3 Å². The molecule has 3 aromatic rings. The van der Waals surface area contributed by atoms with Gasteiger partial charge in [0.2, 0.25) is 0 Å².